The molecular weight excluding hydrogens is 190 g/mol. The Balaban J connectivity index is 2.84. The summed E-state index contributed by atoms with van der Waals surface area (Å²) in [4.78, 5) is 0. The van der Waals surface area contributed by atoms with Crippen molar-refractivity contribution in [1.82, 2.24) is 0 Å². The maximum Gasteiger partial charge on any atom is 0.162 e. The Morgan fingerprint density at radius 3 is 2.33 bits per heavy atom. The Hall–Kier alpha value is -1.22. The Labute approximate surface area is 91.2 Å². The number of para-hydroxylation sites is 2. The molecule has 0 radical (unpaired) electrons. The molecule has 15 heavy (non-hydrogen) atoms. The molecular formula is C12H19NO2. The summed E-state index contributed by atoms with van der Waals surface area (Å²) in [6, 6.07) is 7.63. The predicted molar refractivity (Wildman–Crippen MR) is 61.4 cm³/mol. The molecule has 0 fully saturated rings. The minimum Gasteiger partial charge on any atom is -0.490 e. The average molecular weight is 209 g/mol. The SMILES string of the molecule is CCOc1ccccc1OC(C)(C)CN. The molecule has 0 saturated carbocycles. The molecule has 0 spiro atoms. The van der Waals surface area contributed by atoms with Gasteiger partial charge in [0.1, 0.15) is 5.60 Å². The van der Waals surface area contributed by atoms with E-state index in [0.29, 0.717) is 13.2 Å². The first kappa shape index (κ1) is 11.9. The van der Waals surface area contributed by atoms with Gasteiger partial charge < -0.3 is 15.2 Å². The van der Waals surface area contributed by atoms with Gasteiger partial charge in [0.2, 0.25) is 0 Å². The maximum absolute atomic E-state index is 5.78. The third kappa shape index (κ3) is 3.44. The van der Waals surface area contributed by atoms with E-state index in [0.717, 1.165) is 11.5 Å². The minimum atomic E-state index is -0.368. The molecule has 84 valence electrons. The van der Waals surface area contributed by atoms with Crippen LogP contribution in [-0.2, 0) is 0 Å². The Morgan fingerprint density at radius 2 is 1.80 bits per heavy atom. The molecule has 0 heterocycles. The molecule has 1 rings (SSSR count). The van der Waals surface area contributed by atoms with Crippen molar-refractivity contribution in [3.8, 4) is 11.5 Å². The monoisotopic (exact) mass is 209 g/mol. The highest BCUT2D eigenvalue weighted by molar-refractivity contribution is 5.39. The summed E-state index contributed by atoms with van der Waals surface area (Å²) in [5.41, 5.74) is 5.24. The molecule has 3 nitrogen and oxygen atoms in total. The number of nitrogens with two attached hydrogens (primary N) is 1. The molecule has 0 aliphatic rings. The van der Waals surface area contributed by atoms with Gasteiger partial charge in [-0.25, -0.2) is 0 Å². The van der Waals surface area contributed by atoms with Crippen LogP contribution < -0.4 is 15.2 Å². The highest BCUT2D eigenvalue weighted by Crippen LogP contribution is 2.29. The zero-order chi connectivity index (χ0) is 11.3. The molecule has 0 amide bonds. The van der Waals surface area contributed by atoms with Crippen molar-refractivity contribution in [3.05, 3.63) is 24.3 Å². The highest BCUT2D eigenvalue weighted by Gasteiger charge is 2.19. The van der Waals surface area contributed by atoms with Crippen LogP contribution in [0.2, 0.25) is 0 Å². The maximum atomic E-state index is 5.78. The number of benzene rings is 1. The molecule has 0 aliphatic carbocycles. The number of rotatable bonds is 5. The van der Waals surface area contributed by atoms with Crippen molar-refractivity contribution in [2.75, 3.05) is 13.2 Å². The first-order chi connectivity index (χ1) is 7.09. The lowest BCUT2D eigenvalue weighted by Gasteiger charge is -2.25. The summed E-state index contributed by atoms with van der Waals surface area (Å²) < 4.78 is 11.2. The lowest BCUT2D eigenvalue weighted by atomic mass is 10.1. The fraction of sp³-hybridized carbons (Fsp3) is 0.500. The van der Waals surface area contributed by atoms with Crippen LogP contribution >= 0.6 is 0 Å². The molecule has 0 saturated heterocycles. The van der Waals surface area contributed by atoms with E-state index < -0.39 is 0 Å². The van der Waals surface area contributed by atoms with Gasteiger partial charge in [-0.2, -0.15) is 0 Å². The summed E-state index contributed by atoms with van der Waals surface area (Å²) in [6.45, 7) is 6.95. The second kappa shape index (κ2) is 5.03. The first-order valence-corrected chi connectivity index (χ1v) is 5.20. The number of ether oxygens (including phenoxy) is 2. The van der Waals surface area contributed by atoms with Crippen molar-refractivity contribution in [2.24, 2.45) is 5.73 Å². The topological polar surface area (TPSA) is 44.5 Å². The molecule has 0 aliphatic heterocycles. The van der Waals surface area contributed by atoms with Gasteiger partial charge in [0.05, 0.1) is 6.61 Å². The Morgan fingerprint density at radius 1 is 1.20 bits per heavy atom. The average Bonchev–Trinajstić information content (AvgIpc) is 2.21. The van der Waals surface area contributed by atoms with E-state index in [9.17, 15) is 0 Å². The third-order valence-corrected chi connectivity index (χ3v) is 2.03. The van der Waals surface area contributed by atoms with E-state index >= 15 is 0 Å². The Bertz CT molecular complexity index is 310. The van der Waals surface area contributed by atoms with Gasteiger partial charge >= 0.3 is 0 Å². The molecule has 1 aromatic carbocycles. The van der Waals surface area contributed by atoms with Crippen LogP contribution in [-0.4, -0.2) is 18.8 Å². The fourth-order valence-corrected chi connectivity index (χ4v) is 1.15. The van der Waals surface area contributed by atoms with Gasteiger partial charge in [0.25, 0.3) is 0 Å². The van der Waals surface area contributed by atoms with E-state index in [-0.39, 0.29) is 5.60 Å². The summed E-state index contributed by atoms with van der Waals surface area (Å²) in [6.07, 6.45) is 0. The van der Waals surface area contributed by atoms with E-state index in [1.54, 1.807) is 0 Å². The van der Waals surface area contributed by atoms with Crippen LogP contribution in [0.5, 0.6) is 11.5 Å². The smallest absolute Gasteiger partial charge is 0.162 e. The van der Waals surface area contributed by atoms with Gasteiger partial charge in [-0.05, 0) is 32.9 Å². The van der Waals surface area contributed by atoms with Crippen LogP contribution in [0.1, 0.15) is 20.8 Å². The lowest BCUT2D eigenvalue weighted by Crippen LogP contribution is -2.37. The minimum absolute atomic E-state index is 0.368. The van der Waals surface area contributed by atoms with Crippen molar-refractivity contribution < 1.29 is 9.47 Å². The number of hydrogen-bond donors (Lipinski definition) is 1. The van der Waals surface area contributed by atoms with Gasteiger partial charge in [0, 0.05) is 6.54 Å². The summed E-state index contributed by atoms with van der Waals surface area (Å²) in [5.74, 6) is 1.51. The van der Waals surface area contributed by atoms with Crippen molar-refractivity contribution in [1.29, 1.82) is 0 Å². The zero-order valence-corrected chi connectivity index (χ0v) is 9.62. The van der Waals surface area contributed by atoms with Gasteiger partial charge in [-0.3, -0.25) is 0 Å². The van der Waals surface area contributed by atoms with E-state index in [1.165, 1.54) is 0 Å². The van der Waals surface area contributed by atoms with Gasteiger partial charge in [-0.1, -0.05) is 12.1 Å². The fourth-order valence-electron chi connectivity index (χ4n) is 1.15. The van der Waals surface area contributed by atoms with Crippen molar-refractivity contribution in [3.63, 3.8) is 0 Å². The zero-order valence-electron chi connectivity index (χ0n) is 9.62. The van der Waals surface area contributed by atoms with Crippen LogP contribution in [0.15, 0.2) is 24.3 Å². The quantitative estimate of drug-likeness (QED) is 0.808. The molecule has 1 aromatic rings. The summed E-state index contributed by atoms with van der Waals surface area (Å²) in [7, 11) is 0. The lowest BCUT2D eigenvalue weighted by molar-refractivity contribution is 0.112. The van der Waals surface area contributed by atoms with E-state index in [4.69, 9.17) is 15.2 Å². The third-order valence-electron chi connectivity index (χ3n) is 2.03. The van der Waals surface area contributed by atoms with E-state index in [1.807, 2.05) is 45.0 Å². The molecule has 3 heteroatoms. The van der Waals surface area contributed by atoms with Crippen LogP contribution in [0.4, 0.5) is 0 Å². The van der Waals surface area contributed by atoms with E-state index in [2.05, 4.69) is 0 Å². The second-order valence-corrected chi connectivity index (χ2v) is 3.95. The molecule has 0 bridgehead atoms. The first-order valence-electron chi connectivity index (χ1n) is 5.20. The molecule has 2 N–H and O–H groups in total. The van der Waals surface area contributed by atoms with Gasteiger partial charge in [0.15, 0.2) is 11.5 Å². The molecule has 0 unspecified atom stereocenters. The van der Waals surface area contributed by atoms with Crippen LogP contribution in [0.3, 0.4) is 0 Å². The summed E-state index contributed by atoms with van der Waals surface area (Å²) in [5, 5.41) is 0. The normalized spacial score (nSPS) is 11.2. The Kier molecular flexibility index (Phi) is 3.97. The second-order valence-electron chi connectivity index (χ2n) is 3.95. The molecule has 0 aromatic heterocycles. The van der Waals surface area contributed by atoms with Crippen LogP contribution in [0, 0.1) is 0 Å². The largest absolute Gasteiger partial charge is 0.490 e. The summed E-state index contributed by atoms with van der Waals surface area (Å²) >= 11 is 0. The van der Waals surface area contributed by atoms with Crippen molar-refractivity contribution in [2.45, 2.75) is 26.4 Å². The highest BCUT2D eigenvalue weighted by atomic mass is 16.5. The number of hydrogen-bond acceptors (Lipinski definition) is 3. The standard InChI is InChI=1S/C12H19NO2/c1-4-14-10-7-5-6-8-11(10)15-12(2,3)9-13/h5-8H,4,9,13H2,1-3H3. The van der Waals surface area contributed by atoms with Gasteiger partial charge in [-0.15, -0.1) is 0 Å². The van der Waals surface area contributed by atoms with Crippen molar-refractivity contribution >= 4 is 0 Å². The van der Waals surface area contributed by atoms with Crippen LogP contribution in [0.25, 0.3) is 0 Å². The predicted octanol–water partition coefficient (Wildman–Crippen LogP) is 2.20. The molecule has 0 atom stereocenters.